The summed E-state index contributed by atoms with van der Waals surface area (Å²) in [5.74, 6) is -5.56. The zero-order valence-electron chi connectivity index (χ0n) is 46.8. The van der Waals surface area contributed by atoms with E-state index in [2.05, 4.69) is 34.7 Å². The highest BCUT2D eigenvalue weighted by Gasteiger charge is 2.73. The minimum absolute atomic E-state index is 0.0229. The summed E-state index contributed by atoms with van der Waals surface area (Å²) >= 11 is 0. The fraction of sp³-hybridized carbons (Fsp3) is 0.492. The monoisotopic (exact) mass is 1180 g/mol. The second-order valence-corrected chi connectivity index (χ2v) is 23.7. The third kappa shape index (κ3) is 11.8. The highest BCUT2D eigenvalue weighted by molar-refractivity contribution is 6.02. The number of hydrogen-bond donors (Lipinski definition) is 9. The number of ketones is 2. The normalized spacial score (nSPS) is 31.0. The van der Waals surface area contributed by atoms with E-state index in [1.165, 1.54) is 18.2 Å². The first-order chi connectivity index (χ1) is 40.5. The number of anilines is 3. The highest BCUT2D eigenvalue weighted by Crippen LogP contribution is 2.72. The van der Waals surface area contributed by atoms with Crippen molar-refractivity contribution in [3.8, 4) is 5.75 Å². The number of nitrogens with one attached hydrogen (secondary N) is 3. The molecule has 0 radical (unpaired) electrons. The van der Waals surface area contributed by atoms with Crippen molar-refractivity contribution < 1.29 is 92.8 Å². The van der Waals surface area contributed by atoms with Gasteiger partial charge in [0.2, 0.25) is 18.1 Å². The molecule has 452 valence electrons. The maximum atomic E-state index is 14.2. The van der Waals surface area contributed by atoms with Crippen LogP contribution in [-0.4, -0.2) is 152 Å². The van der Waals surface area contributed by atoms with Gasteiger partial charge in [0.25, 0.3) is 11.8 Å². The number of ether oxygens (including phenoxy) is 3. The van der Waals surface area contributed by atoms with Gasteiger partial charge in [0.15, 0.2) is 17.7 Å². The standard InChI is InChI=1S/C61H69N5O19/c1-59-20-18-39(68)25-35(59)9-12-40-41-26-36-28-65(31-61(36,45(70)29-67)60(41,2)27-43(69)51(40)59)38-10-6-32(7-11-38)22-33-4-3-5-37(23-33)63-58(81)82-30-34-8-13-44(83-57-54(78)52(76)53(77)55(84-57)56(79)80)42(24-34)64-47(72)19-21-62-46(71)14-17-50(75)85-66-48(73)15-16-49(66)74/h3-8,10-11,13,18,20,23-25,36,40-41,43,51-55,57,67,69,76-78H,9,12,14-17,19,21-22,26-31H2,1-2H3,(H,62,71)(H,63,81)(H,64,72)(H,79,80)/t36-,40-,41-,43-,51+,52-,53-,54+,55-,57+,59-,60-,61+/m0/s1. The van der Waals surface area contributed by atoms with Crippen molar-refractivity contribution in [1.29, 1.82) is 0 Å². The number of aliphatic hydroxyl groups is 5. The van der Waals surface area contributed by atoms with Gasteiger partial charge in [-0.05, 0) is 121 Å². The number of carbonyl (C=O) groups is 9. The Kier molecular flexibility index (Phi) is 17.2. The molecule has 6 fully saturated rings. The van der Waals surface area contributed by atoms with Crippen molar-refractivity contribution in [2.24, 2.45) is 39.9 Å². The van der Waals surface area contributed by atoms with Gasteiger partial charge in [-0.2, -0.15) is 0 Å². The maximum Gasteiger partial charge on any atom is 0.411 e. The largest absolute Gasteiger partial charge is 0.479 e. The Morgan fingerprint density at radius 1 is 0.812 bits per heavy atom. The molecule has 5 amide bonds. The number of amides is 5. The quantitative estimate of drug-likeness (QED) is 0.0779. The predicted octanol–water partition coefficient (Wildman–Crippen LogP) is 3.00. The summed E-state index contributed by atoms with van der Waals surface area (Å²) in [6, 6.07) is 19.3. The number of Topliss-reactive ketones (excluding diaryl/α,β-unsaturated/α-hetero) is 1. The van der Waals surface area contributed by atoms with E-state index in [0.29, 0.717) is 42.2 Å². The highest BCUT2D eigenvalue weighted by atomic mass is 16.7. The van der Waals surface area contributed by atoms with Gasteiger partial charge in [-0.3, -0.25) is 34.1 Å². The Labute approximate surface area is 488 Å². The van der Waals surface area contributed by atoms with Crippen molar-refractivity contribution in [2.75, 3.05) is 41.8 Å². The first kappa shape index (κ1) is 60.3. The number of aliphatic hydroxyl groups excluding tert-OH is 5. The Hall–Kier alpha value is -7.87. The summed E-state index contributed by atoms with van der Waals surface area (Å²) in [4.78, 5) is 120. The van der Waals surface area contributed by atoms with E-state index in [0.717, 1.165) is 41.6 Å². The minimum Gasteiger partial charge on any atom is -0.479 e. The number of carboxylic acids is 1. The van der Waals surface area contributed by atoms with E-state index in [9.17, 15) is 73.8 Å². The number of hydroxylamine groups is 2. The van der Waals surface area contributed by atoms with Crippen LogP contribution in [-0.2, 0) is 65.7 Å². The van der Waals surface area contributed by atoms with Crippen LogP contribution in [0.4, 0.5) is 21.9 Å². The number of carboxylic acid groups (broad SMARTS) is 1. The Morgan fingerprint density at radius 2 is 1.55 bits per heavy atom. The molecule has 4 aliphatic carbocycles. The molecule has 24 heteroatoms. The molecule has 3 saturated heterocycles. The Balaban J connectivity index is 0.746. The smallest absolute Gasteiger partial charge is 0.411 e. The van der Waals surface area contributed by atoms with Gasteiger partial charge in [0.1, 0.15) is 37.3 Å². The van der Waals surface area contributed by atoms with Crippen molar-refractivity contribution in [2.45, 2.75) is 121 Å². The fourth-order valence-electron chi connectivity index (χ4n) is 14.6. The lowest BCUT2D eigenvalue weighted by Gasteiger charge is -2.60. The summed E-state index contributed by atoms with van der Waals surface area (Å²) in [7, 11) is 0. The van der Waals surface area contributed by atoms with E-state index in [1.54, 1.807) is 30.4 Å². The van der Waals surface area contributed by atoms with E-state index in [1.807, 2.05) is 36.4 Å². The lowest BCUT2D eigenvalue weighted by molar-refractivity contribution is -0.271. The van der Waals surface area contributed by atoms with Crippen LogP contribution in [0.2, 0.25) is 0 Å². The summed E-state index contributed by atoms with van der Waals surface area (Å²) in [6.45, 7) is 4.18. The van der Waals surface area contributed by atoms with Crippen molar-refractivity contribution in [3.05, 3.63) is 107 Å². The first-order valence-corrected chi connectivity index (χ1v) is 28.5. The minimum atomic E-state index is -2.01. The molecule has 3 aromatic rings. The molecule has 13 atom stereocenters. The zero-order chi connectivity index (χ0) is 60.7. The molecular formula is C61H69N5O19. The lowest BCUT2D eigenvalue weighted by atomic mass is 9.44. The molecule has 85 heavy (non-hydrogen) atoms. The van der Waals surface area contributed by atoms with Crippen molar-refractivity contribution in [1.82, 2.24) is 10.4 Å². The molecule has 24 nitrogen and oxygen atoms in total. The molecule has 0 bridgehead atoms. The number of allylic oxidation sites excluding steroid dienone is 4. The molecule has 10 rings (SSSR count). The van der Waals surface area contributed by atoms with Crippen LogP contribution in [0.15, 0.2) is 90.5 Å². The fourth-order valence-corrected chi connectivity index (χ4v) is 14.6. The second-order valence-electron chi connectivity index (χ2n) is 23.7. The van der Waals surface area contributed by atoms with Crippen LogP contribution in [0.1, 0.15) is 88.3 Å². The average molecular weight is 1180 g/mol. The third-order valence-corrected chi connectivity index (χ3v) is 18.7. The number of hydrogen-bond acceptors (Lipinski definition) is 19. The summed E-state index contributed by atoms with van der Waals surface area (Å²) in [5.41, 5.74) is 2.63. The van der Waals surface area contributed by atoms with Gasteiger partial charge in [-0.1, -0.05) is 55.8 Å². The number of benzene rings is 3. The number of aliphatic carboxylic acids is 1. The molecule has 3 aromatic carbocycles. The molecule has 3 heterocycles. The Bertz CT molecular complexity index is 3220. The van der Waals surface area contributed by atoms with Gasteiger partial charge >= 0.3 is 18.0 Å². The summed E-state index contributed by atoms with van der Waals surface area (Å²) < 4.78 is 16.5. The molecule has 7 aliphatic rings. The third-order valence-electron chi connectivity index (χ3n) is 18.7. The molecule has 3 saturated carbocycles. The van der Waals surface area contributed by atoms with Crippen LogP contribution >= 0.6 is 0 Å². The number of fused-ring (bicyclic) bond motifs is 7. The van der Waals surface area contributed by atoms with Crippen LogP contribution in [0.3, 0.4) is 0 Å². The van der Waals surface area contributed by atoms with Crippen LogP contribution in [0.5, 0.6) is 5.75 Å². The molecular weight excluding hydrogens is 1110 g/mol. The maximum absolute atomic E-state index is 14.2. The number of rotatable bonds is 19. The van der Waals surface area contributed by atoms with Gasteiger partial charge in [-0.15, -0.1) is 5.06 Å². The summed E-state index contributed by atoms with van der Waals surface area (Å²) in [6.07, 6.45) is -4.10. The SMILES string of the molecule is C[C@]12C=CC(=O)C=C1CC[C@@H]1[C@@H]2[C@@H](O)C[C@@]2(C)[C@H]1C[C@H]1CN(c3ccc(Cc4cccc(NC(=O)OCc5ccc(O[C@@H]6O[C@H](C(=O)O)[C@@H](O)[C@H](O)[C@H]6O)c(NC(=O)CCNC(=O)CCC(=O)ON6C(=O)CCC6=O)c5)c4)cc3)C[C@]12C(=O)CO. The topological polar surface area (TPSA) is 354 Å². The number of nitrogens with zero attached hydrogens (tertiary/aromatic N) is 2. The van der Waals surface area contributed by atoms with Gasteiger partial charge in [0.05, 0.1) is 23.6 Å². The molecule has 0 unspecified atom stereocenters. The number of imide groups is 1. The van der Waals surface area contributed by atoms with E-state index < -0.39 is 114 Å². The van der Waals surface area contributed by atoms with Gasteiger partial charge < -0.3 is 65.2 Å². The van der Waals surface area contributed by atoms with Gasteiger partial charge in [0, 0.05) is 68.0 Å². The van der Waals surface area contributed by atoms with Crippen LogP contribution < -0.4 is 25.6 Å². The Morgan fingerprint density at radius 3 is 2.28 bits per heavy atom. The predicted molar refractivity (Wildman–Crippen MR) is 297 cm³/mol. The first-order valence-electron chi connectivity index (χ1n) is 28.5. The lowest BCUT2D eigenvalue weighted by Crippen LogP contribution is -2.61. The van der Waals surface area contributed by atoms with Crippen molar-refractivity contribution in [3.63, 3.8) is 0 Å². The van der Waals surface area contributed by atoms with Crippen LogP contribution in [0.25, 0.3) is 0 Å². The van der Waals surface area contributed by atoms with Gasteiger partial charge in [-0.25, -0.2) is 14.4 Å². The molecule has 3 aliphatic heterocycles. The van der Waals surface area contributed by atoms with E-state index in [-0.39, 0.29) is 79.1 Å². The molecule has 0 spiro atoms. The molecule has 0 aromatic heterocycles. The molecule has 9 N–H and O–H groups in total. The average Bonchev–Trinajstić information content (AvgIpc) is 1.60. The van der Waals surface area contributed by atoms with Crippen molar-refractivity contribution >= 4 is 70.3 Å². The number of carbonyl (C=O) groups excluding carboxylic acids is 8. The summed E-state index contributed by atoms with van der Waals surface area (Å²) in [5, 5.41) is 71.5. The second kappa shape index (κ2) is 24.2. The van der Waals surface area contributed by atoms with E-state index in [4.69, 9.17) is 19.0 Å². The van der Waals surface area contributed by atoms with Crippen LogP contribution in [0, 0.1) is 39.9 Å². The zero-order valence-corrected chi connectivity index (χ0v) is 46.8. The van der Waals surface area contributed by atoms with E-state index >= 15 is 0 Å².